The number of rotatable bonds is 1. The first-order valence-corrected chi connectivity index (χ1v) is 7.99. The molecule has 0 aliphatic heterocycles. The Morgan fingerprint density at radius 2 is 1.62 bits per heavy atom. The summed E-state index contributed by atoms with van der Waals surface area (Å²) in [4.78, 5) is 0. The van der Waals surface area contributed by atoms with Gasteiger partial charge in [0.15, 0.2) is 0 Å². The normalized spacial score (nSPS) is 16.9. The average molecular weight is 335 g/mol. The van der Waals surface area contributed by atoms with Crippen molar-refractivity contribution in [3.63, 3.8) is 0 Å². The molecule has 0 amide bonds. The van der Waals surface area contributed by atoms with Crippen LogP contribution in [0.2, 0.25) is 0 Å². The van der Waals surface area contributed by atoms with Crippen LogP contribution >= 0.6 is 15.9 Å². The summed E-state index contributed by atoms with van der Waals surface area (Å²) in [5, 5.41) is 2.66. The summed E-state index contributed by atoms with van der Waals surface area (Å²) in [6.45, 7) is 2.24. The van der Waals surface area contributed by atoms with E-state index in [9.17, 15) is 0 Å². The number of halogens is 1. The van der Waals surface area contributed by atoms with Gasteiger partial charge in [-0.25, -0.2) is 0 Å². The van der Waals surface area contributed by atoms with Gasteiger partial charge in [-0.1, -0.05) is 82.2 Å². The fraction of sp³-hybridized carbons (Fsp3) is 0.100. The molecule has 1 heteroatoms. The summed E-state index contributed by atoms with van der Waals surface area (Å²) in [6.07, 6.45) is 2.31. The zero-order valence-electron chi connectivity index (χ0n) is 11.8. The highest BCUT2D eigenvalue weighted by Gasteiger charge is 2.27. The van der Waals surface area contributed by atoms with Crippen molar-refractivity contribution in [2.45, 2.75) is 12.8 Å². The quantitative estimate of drug-likeness (QED) is 0.500. The zero-order valence-corrected chi connectivity index (χ0v) is 13.4. The molecule has 0 saturated carbocycles. The number of hydrogen-bond donors (Lipinski definition) is 0. The van der Waals surface area contributed by atoms with E-state index in [1.54, 1.807) is 0 Å². The topological polar surface area (TPSA) is 0 Å². The fourth-order valence-electron chi connectivity index (χ4n) is 3.44. The molecule has 0 nitrogen and oxygen atoms in total. The van der Waals surface area contributed by atoms with Crippen molar-refractivity contribution in [3.05, 3.63) is 87.4 Å². The molecule has 0 N–H and O–H groups in total. The predicted molar refractivity (Wildman–Crippen MR) is 93.6 cm³/mol. The standard InChI is InChI=1S/C20H15Br/c1-13-12-15-8-5-11-18(21)20(15)19(13)17-10-4-7-14-6-2-3-9-16(14)17/h2-12,19H,1H3. The minimum Gasteiger partial charge on any atom is -0.0616 e. The van der Waals surface area contributed by atoms with Gasteiger partial charge in [0.1, 0.15) is 0 Å². The lowest BCUT2D eigenvalue weighted by molar-refractivity contribution is 0.981. The van der Waals surface area contributed by atoms with E-state index in [0.29, 0.717) is 5.92 Å². The highest BCUT2D eigenvalue weighted by molar-refractivity contribution is 9.10. The average Bonchev–Trinajstić information content (AvgIpc) is 2.84. The van der Waals surface area contributed by atoms with Crippen molar-refractivity contribution in [1.29, 1.82) is 0 Å². The molecule has 102 valence electrons. The van der Waals surface area contributed by atoms with Crippen LogP contribution in [0.15, 0.2) is 70.7 Å². The monoisotopic (exact) mass is 334 g/mol. The zero-order chi connectivity index (χ0) is 14.4. The van der Waals surface area contributed by atoms with Gasteiger partial charge in [0.05, 0.1) is 0 Å². The molecule has 3 aromatic rings. The van der Waals surface area contributed by atoms with Crippen LogP contribution < -0.4 is 0 Å². The van der Waals surface area contributed by atoms with Crippen molar-refractivity contribution >= 4 is 32.8 Å². The summed E-state index contributed by atoms with van der Waals surface area (Å²) in [5.41, 5.74) is 5.53. The molecule has 1 aliphatic carbocycles. The van der Waals surface area contributed by atoms with Gasteiger partial charge >= 0.3 is 0 Å². The molecular formula is C20H15Br. The molecule has 0 bridgehead atoms. The SMILES string of the molecule is CC1=Cc2cccc(Br)c2C1c1cccc2ccccc12. The van der Waals surface area contributed by atoms with Gasteiger partial charge in [-0.05, 0) is 40.5 Å². The molecule has 4 rings (SSSR count). The minimum absolute atomic E-state index is 0.349. The molecule has 0 aromatic heterocycles. The van der Waals surface area contributed by atoms with E-state index < -0.39 is 0 Å². The lowest BCUT2D eigenvalue weighted by atomic mass is 9.86. The minimum atomic E-state index is 0.349. The number of fused-ring (bicyclic) bond motifs is 2. The Labute approximate surface area is 133 Å². The highest BCUT2D eigenvalue weighted by Crippen LogP contribution is 2.45. The fourth-order valence-corrected chi connectivity index (χ4v) is 4.05. The second kappa shape index (κ2) is 4.85. The van der Waals surface area contributed by atoms with E-state index in [0.717, 1.165) is 0 Å². The Bertz CT molecular complexity index is 869. The third kappa shape index (κ3) is 1.96. The molecule has 3 aromatic carbocycles. The second-order valence-corrected chi connectivity index (χ2v) is 6.49. The lowest BCUT2D eigenvalue weighted by Crippen LogP contribution is -2.01. The van der Waals surface area contributed by atoms with E-state index in [4.69, 9.17) is 0 Å². The Kier molecular flexibility index (Phi) is 2.97. The van der Waals surface area contributed by atoms with E-state index in [2.05, 4.69) is 89.6 Å². The van der Waals surface area contributed by atoms with E-state index in [1.165, 1.54) is 37.5 Å². The number of allylic oxidation sites excluding steroid dienone is 1. The molecule has 21 heavy (non-hydrogen) atoms. The first-order valence-electron chi connectivity index (χ1n) is 7.20. The molecule has 1 aliphatic rings. The summed E-state index contributed by atoms with van der Waals surface area (Å²) in [5.74, 6) is 0.349. The van der Waals surface area contributed by atoms with Crippen LogP contribution in [-0.2, 0) is 0 Å². The van der Waals surface area contributed by atoms with E-state index in [1.807, 2.05) is 0 Å². The molecule has 0 saturated heterocycles. The van der Waals surface area contributed by atoms with Gasteiger partial charge in [-0.15, -0.1) is 0 Å². The molecule has 0 fully saturated rings. The highest BCUT2D eigenvalue weighted by atomic mass is 79.9. The smallest absolute Gasteiger partial charge is 0.0322 e. The molecular weight excluding hydrogens is 320 g/mol. The van der Waals surface area contributed by atoms with Crippen LogP contribution in [0.25, 0.3) is 16.8 Å². The van der Waals surface area contributed by atoms with Crippen molar-refractivity contribution in [2.75, 3.05) is 0 Å². The summed E-state index contributed by atoms with van der Waals surface area (Å²) in [7, 11) is 0. The van der Waals surface area contributed by atoms with Gasteiger partial charge < -0.3 is 0 Å². The van der Waals surface area contributed by atoms with Crippen LogP contribution in [0.1, 0.15) is 29.5 Å². The van der Waals surface area contributed by atoms with Crippen molar-refractivity contribution < 1.29 is 0 Å². The van der Waals surface area contributed by atoms with Crippen LogP contribution in [0.5, 0.6) is 0 Å². The maximum absolute atomic E-state index is 3.74. The van der Waals surface area contributed by atoms with Crippen LogP contribution in [0.3, 0.4) is 0 Å². The Hall–Kier alpha value is -1.86. The summed E-state index contributed by atoms with van der Waals surface area (Å²) >= 11 is 3.74. The summed E-state index contributed by atoms with van der Waals surface area (Å²) < 4.78 is 1.20. The van der Waals surface area contributed by atoms with Crippen LogP contribution in [0.4, 0.5) is 0 Å². The molecule has 0 heterocycles. The maximum Gasteiger partial charge on any atom is 0.0322 e. The van der Waals surface area contributed by atoms with Gasteiger partial charge in [-0.3, -0.25) is 0 Å². The van der Waals surface area contributed by atoms with Crippen LogP contribution in [0, 0.1) is 0 Å². The van der Waals surface area contributed by atoms with Gasteiger partial charge in [0.25, 0.3) is 0 Å². The van der Waals surface area contributed by atoms with Gasteiger partial charge in [0.2, 0.25) is 0 Å². The number of benzene rings is 3. The Morgan fingerprint density at radius 1 is 0.857 bits per heavy atom. The van der Waals surface area contributed by atoms with Crippen LogP contribution in [-0.4, -0.2) is 0 Å². The summed E-state index contributed by atoms with van der Waals surface area (Å²) in [6, 6.07) is 21.7. The first kappa shape index (κ1) is 12.8. The van der Waals surface area contributed by atoms with Gasteiger partial charge in [0, 0.05) is 10.4 Å². The third-order valence-electron chi connectivity index (χ3n) is 4.35. The largest absolute Gasteiger partial charge is 0.0616 e. The van der Waals surface area contributed by atoms with Crippen molar-refractivity contribution in [3.8, 4) is 0 Å². The van der Waals surface area contributed by atoms with E-state index in [-0.39, 0.29) is 0 Å². The molecule has 1 atom stereocenters. The Balaban J connectivity index is 2.01. The van der Waals surface area contributed by atoms with Crippen molar-refractivity contribution in [2.24, 2.45) is 0 Å². The lowest BCUT2D eigenvalue weighted by Gasteiger charge is -2.19. The molecule has 1 unspecified atom stereocenters. The predicted octanol–water partition coefficient (Wildman–Crippen LogP) is 6.15. The third-order valence-corrected chi connectivity index (χ3v) is 5.04. The van der Waals surface area contributed by atoms with Crippen molar-refractivity contribution in [1.82, 2.24) is 0 Å². The first-order chi connectivity index (χ1) is 10.3. The Morgan fingerprint density at radius 3 is 2.52 bits per heavy atom. The molecule has 0 radical (unpaired) electrons. The second-order valence-electron chi connectivity index (χ2n) is 5.63. The van der Waals surface area contributed by atoms with Gasteiger partial charge in [-0.2, -0.15) is 0 Å². The maximum atomic E-state index is 3.74. The van der Waals surface area contributed by atoms with E-state index >= 15 is 0 Å². The molecule has 0 spiro atoms. The number of hydrogen-bond acceptors (Lipinski definition) is 0.